The summed E-state index contributed by atoms with van der Waals surface area (Å²) >= 11 is 6.20. The van der Waals surface area contributed by atoms with Gasteiger partial charge in [-0.3, -0.25) is 9.69 Å². The van der Waals surface area contributed by atoms with E-state index >= 15 is 0 Å². The number of carbonyl (C=O) groups is 1. The minimum atomic E-state index is 0.0304. The number of aromatic nitrogens is 2. The number of likely N-dealkylation sites (tertiary alicyclic amines) is 1. The van der Waals surface area contributed by atoms with Gasteiger partial charge >= 0.3 is 0 Å². The number of halogens is 1. The lowest BCUT2D eigenvalue weighted by Gasteiger charge is -2.35. The normalized spacial score (nSPS) is 21.4. The van der Waals surface area contributed by atoms with E-state index < -0.39 is 0 Å². The number of hydrogen-bond donors (Lipinski definition) is 0. The lowest BCUT2D eigenvalue weighted by Crippen LogP contribution is -2.48. The number of piperidine rings is 1. The van der Waals surface area contributed by atoms with Crippen LogP contribution in [0, 0.1) is 5.92 Å². The van der Waals surface area contributed by atoms with E-state index in [2.05, 4.69) is 15.1 Å². The molecule has 1 atom stereocenters. The molecule has 1 amide bonds. The Morgan fingerprint density at radius 3 is 2.81 bits per heavy atom. The van der Waals surface area contributed by atoms with Gasteiger partial charge in [-0.1, -0.05) is 23.7 Å². The summed E-state index contributed by atoms with van der Waals surface area (Å²) in [7, 11) is 0. The molecular formula is C19H23ClN4O3. The van der Waals surface area contributed by atoms with Gasteiger partial charge in [0.15, 0.2) is 0 Å². The summed E-state index contributed by atoms with van der Waals surface area (Å²) in [6.45, 7) is 4.85. The molecule has 0 bridgehead atoms. The van der Waals surface area contributed by atoms with Crippen LogP contribution in [0.2, 0.25) is 5.02 Å². The number of hydrogen-bond acceptors (Lipinski definition) is 6. The summed E-state index contributed by atoms with van der Waals surface area (Å²) in [6, 6.07) is 7.41. The van der Waals surface area contributed by atoms with Gasteiger partial charge in [0.05, 0.1) is 36.3 Å². The summed E-state index contributed by atoms with van der Waals surface area (Å²) < 4.78 is 11.1. The third-order valence-electron chi connectivity index (χ3n) is 5.11. The van der Waals surface area contributed by atoms with Crippen LogP contribution >= 0.6 is 11.6 Å². The first-order valence-corrected chi connectivity index (χ1v) is 9.74. The second-order valence-corrected chi connectivity index (χ2v) is 7.40. The molecule has 2 aliphatic rings. The topological polar surface area (TPSA) is 71.7 Å². The molecule has 3 heterocycles. The molecule has 144 valence electrons. The average Bonchev–Trinajstić information content (AvgIpc) is 3.17. The van der Waals surface area contributed by atoms with Gasteiger partial charge in [-0.15, -0.1) is 10.2 Å². The van der Waals surface area contributed by atoms with Crippen molar-refractivity contribution in [2.75, 3.05) is 39.4 Å². The van der Waals surface area contributed by atoms with Crippen molar-refractivity contribution in [2.45, 2.75) is 19.4 Å². The Morgan fingerprint density at radius 2 is 2.00 bits per heavy atom. The molecule has 2 aliphatic heterocycles. The molecule has 8 heteroatoms. The van der Waals surface area contributed by atoms with Crippen LogP contribution in [0.15, 0.2) is 28.7 Å². The first-order valence-electron chi connectivity index (χ1n) is 9.37. The van der Waals surface area contributed by atoms with Crippen LogP contribution in [-0.2, 0) is 16.1 Å². The van der Waals surface area contributed by atoms with E-state index in [1.54, 1.807) is 6.07 Å². The van der Waals surface area contributed by atoms with Crippen LogP contribution in [0.5, 0.6) is 0 Å². The standard InChI is InChI=1S/C19H23ClN4O3/c20-16-6-2-1-5-15(16)18-22-21-17(27-18)13-23-7-3-4-14(12-23)19(25)24-8-10-26-11-9-24/h1-2,5-6,14H,3-4,7-13H2. The number of ether oxygens (including phenoxy) is 1. The molecule has 0 aliphatic carbocycles. The van der Waals surface area contributed by atoms with Crippen molar-refractivity contribution in [3.8, 4) is 11.5 Å². The maximum Gasteiger partial charge on any atom is 0.249 e. The van der Waals surface area contributed by atoms with Crippen molar-refractivity contribution in [3.63, 3.8) is 0 Å². The smallest absolute Gasteiger partial charge is 0.249 e. The van der Waals surface area contributed by atoms with Crippen molar-refractivity contribution >= 4 is 17.5 Å². The van der Waals surface area contributed by atoms with Gasteiger partial charge in [0.2, 0.25) is 17.7 Å². The quantitative estimate of drug-likeness (QED) is 0.798. The fraction of sp³-hybridized carbons (Fsp3) is 0.526. The number of amides is 1. The van der Waals surface area contributed by atoms with E-state index in [1.807, 2.05) is 23.1 Å². The number of carbonyl (C=O) groups excluding carboxylic acids is 1. The van der Waals surface area contributed by atoms with Gasteiger partial charge < -0.3 is 14.1 Å². The second kappa shape index (κ2) is 8.37. The highest BCUT2D eigenvalue weighted by molar-refractivity contribution is 6.33. The number of morpholine rings is 1. The fourth-order valence-electron chi connectivity index (χ4n) is 3.69. The predicted octanol–water partition coefficient (Wildman–Crippen LogP) is 2.46. The third kappa shape index (κ3) is 4.31. The monoisotopic (exact) mass is 390 g/mol. The van der Waals surface area contributed by atoms with Crippen LogP contribution in [-0.4, -0.2) is 65.3 Å². The third-order valence-corrected chi connectivity index (χ3v) is 5.44. The maximum absolute atomic E-state index is 12.8. The minimum absolute atomic E-state index is 0.0304. The lowest BCUT2D eigenvalue weighted by atomic mass is 9.96. The van der Waals surface area contributed by atoms with E-state index in [-0.39, 0.29) is 11.8 Å². The van der Waals surface area contributed by atoms with Gasteiger partial charge in [0, 0.05) is 19.6 Å². The van der Waals surface area contributed by atoms with Crippen molar-refractivity contribution < 1.29 is 13.9 Å². The molecule has 2 aromatic rings. The van der Waals surface area contributed by atoms with E-state index in [4.69, 9.17) is 20.8 Å². The van der Waals surface area contributed by atoms with Crippen LogP contribution in [0.3, 0.4) is 0 Å². The SMILES string of the molecule is O=C(C1CCCN(Cc2nnc(-c3ccccc3Cl)o2)C1)N1CCOCC1. The summed E-state index contributed by atoms with van der Waals surface area (Å²) in [5.41, 5.74) is 0.733. The molecule has 7 nitrogen and oxygen atoms in total. The number of nitrogens with zero attached hydrogens (tertiary/aromatic N) is 4. The Balaban J connectivity index is 1.38. The predicted molar refractivity (Wildman–Crippen MR) is 100 cm³/mol. The maximum atomic E-state index is 12.8. The van der Waals surface area contributed by atoms with Crippen LogP contribution in [0.25, 0.3) is 11.5 Å². The highest BCUT2D eigenvalue weighted by atomic mass is 35.5. The largest absolute Gasteiger partial charge is 0.419 e. The molecule has 0 saturated carbocycles. The van der Waals surface area contributed by atoms with Crippen molar-refractivity contribution in [3.05, 3.63) is 35.2 Å². The summed E-state index contributed by atoms with van der Waals surface area (Å²) in [4.78, 5) is 16.9. The Kier molecular flexibility index (Phi) is 5.71. The summed E-state index contributed by atoms with van der Waals surface area (Å²) in [5.74, 6) is 1.24. The first-order chi connectivity index (χ1) is 13.2. The number of rotatable bonds is 4. The molecule has 0 radical (unpaired) electrons. The van der Waals surface area contributed by atoms with E-state index in [1.165, 1.54) is 0 Å². The minimum Gasteiger partial charge on any atom is -0.419 e. The molecular weight excluding hydrogens is 368 g/mol. The molecule has 2 saturated heterocycles. The molecule has 27 heavy (non-hydrogen) atoms. The van der Waals surface area contributed by atoms with Crippen LogP contribution < -0.4 is 0 Å². The zero-order chi connectivity index (χ0) is 18.6. The van der Waals surface area contributed by atoms with E-state index in [9.17, 15) is 4.79 Å². The summed E-state index contributed by atoms with van der Waals surface area (Å²) in [5, 5.41) is 8.87. The second-order valence-electron chi connectivity index (χ2n) is 6.99. The van der Waals surface area contributed by atoms with E-state index in [0.717, 1.165) is 31.5 Å². The zero-order valence-corrected chi connectivity index (χ0v) is 15.9. The Morgan fingerprint density at radius 1 is 1.19 bits per heavy atom. The van der Waals surface area contributed by atoms with Gasteiger partial charge in [-0.25, -0.2) is 0 Å². The van der Waals surface area contributed by atoms with Gasteiger partial charge in [0.1, 0.15) is 0 Å². The highest BCUT2D eigenvalue weighted by Crippen LogP contribution is 2.27. The van der Waals surface area contributed by atoms with Gasteiger partial charge in [0.25, 0.3) is 0 Å². The van der Waals surface area contributed by atoms with Crippen LogP contribution in [0.1, 0.15) is 18.7 Å². The van der Waals surface area contributed by atoms with Crippen LogP contribution in [0.4, 0.5) is 0 Å². The van der Waals surface area contributed by atoms with Crippen molar-refractivity contribution in [1.82, 2.24) is 20.0 Å². The van der Waals surface area contributed by atoms with E-state index in [0.29, 0.717) is 49.7 Å². The van der Waals surface area contributed by atoms with Gasteiger partial charge in [-0.2, -0.15) is 0 Å². The Hall–Kier alpha value is -1.96. The molecule has 0 spiro atoms. The summed E-state index contributed by atoms with van der Waals surface area (Å²) in [6.07, 6.45) is 1.92. The molecule has 2 fully saturated rings. The highest BCUT2D eigenvalue weighted by Gasteiger charge is 2.30. The molecule has 0 N–H and O–H groups in total. The Bertz CT molecular complexity index is 791. The molecule has 1 aromatic heterocycles. The van der Waals surface area contributed by atoms with Crippen molar-refractivity contribution in [1.29, 1.82) is 0 Å². The lowest BCUT2D eigenvalue weighted by molar-refractivity contribution is -0.141. The molecule has 1 unspecified atom stereocenters. The number of benzene rings is 1. The van der Waals surface area contributed by atoms with Gasteiger partial charge in [-0.05, 0) is 31.5 Å². The fourth-order valence-corrected chi connectivity index (χ4v) is 3.91. The molecule has 4 rings (SSSR count). The molecule has 1 aromatic carbocycles. The zero-order valence-electron chi connectivity index (χ0n) is 15.1. The first kappa shape index (κ1) is 18.4. The Labute approximate surface area is 163 Å². The average molecular weight is 391 g/mol. The van der Waals surface area contributed by atoms with Crippen molar-refractivity contribution in [2.24, 2.45) is 5.92 Å².